The van der Waals surface area contributed by atoms with E-state index in [0.717, 1.165) is 11.4 Å². The molecule has 1 fully saturated rings. The van der Waals surface area contributed by atoms with Gasteiger partial charge in [0.2, 0.25) is 0 Å². The lowest BCUT2D eigenvalue weighted by Gasteiger charge is -2.29. The number of nitrogens with two attached hydrogens (primary N) is 1. The van der Waals surface area contributed by atoms with Crippen LogP contribution in [0.1, 0.15) is 19.3 Å². The predicted octanol–water partition coefficient (Wildman–Crippen LogP) is 2.30. The number of nitrogens with zero attached hydrogens (tertiary/aromatic N) is 1. The predicted molar refractivity (Wildman–Crippen MR) is 66.5 cm³/mol. The second-order valence-corrected chi connectivity index (χ2v) is 4.07. The molecule has 3 N–H and O–H groups in total. The number of benzene rings is 1. The molecule has 3 heteroatoms. The number of rotatable bonds is 2. The van der Waals surface area contributed by atoms with Gasteiger partial charge in [0, 0.05) is 25.8 Å². The summed E-state index contributed by atoms with van der Waals surface area (Å²) in [6.07, 6.45) is 3.98. The van der Waals surface area contributed by atoms with Gasteiger partial charge in [0.05, 0.1) is 11.4 Å². The van der Waals surface area contributed by atoms with Crippen LogP contribution < -0.4 is 16.0 Å². The average Bonchev–Trinajstić information content (AvgIpc) is 2.31. The van der Waals surface area contributed by atoms with E-state index in [-0.39, 0.29) is 0 Å². The van der Waals surface area contributed by atoms with Crippen LogP contribution in [-0.2, 0) is 0 Å². The molecule has 0 aliphatic carbocycles. The van der Waals surface area contributed by atoms with Crippen LogP contribution in [0.3, 0.4) is 0 Å². The fourth-order valence-corrected chi connectivity index (χ4v) is 2.11. The Morgan fingerprint density at radius 1 is 1.20 bits per heavy atom. The first-order valence-electron chi connectivity index (χ1n) is 5.63. The van der Waals surface area contributed by atoms with Crippen LogP contribution in [0, 0.1) is 0 Å². The lowest BCUT2D eigenvalue weighted by Crippen LogP contribution is -2.29. The summed E-state index contributed by atoms with van der Waals surface area (Å²) in [5, 5.41) is 3.12. The van der Waals surface area contributed by atoms with E-state index in [9.17, 15) is 0 Å². The first-order chi connectivity index (χ1) is 7.31. The number of hydrogen-bond acceptors (Lipinski definition) is 3. The van der Waals surface area contributed by atoms with Crippen molar-refractivity contribution < 1.29 is 0 Å². The molecule has 1 saturated heterocycles. The summed E-state index contributed by atoms with van der Waals surface area (Å²) in [5.41, 5.74) is 8.98. The smallest absolute Gasteiger partial charge is 0.0592 e. The number of hydrogen-bond donors (Lipinski definition) is 2. The van der Waals surface area contributed by atoms with E-state index in [1.54, 1.807) is 0 Å². The number of nitrogens with one attached hydrogen (secondary N) is 1. The van der Waals surface area contributed by atoms with Gasteiger partial charge in [-0.2, -0.15) is 0 Å². The minimum Gasteiger partial charge on any atom is -0.397 e. The maximum Gasteiger partial charge on any atom is 0.0592 e. The highest BCUT2D eigenvalue weighted by atomic mass is 15.1. The van der Waals surface area contributed by atoms with Gasteiger partial charge in [0.1, 0.15) is 0 Å². The first kappa shape index (κ1) is 10.1. The third-order valence-electron chi connectivity index (χ3n) is 3.03. The Hall–Kier alpha value is -1.38. The van der Waals surface area contributed by atoms with Crippen molar-refractivity contribution in [2.75, 3.05) is 36.1 Å². The van der Waals surface area contributed by atoms with E-state index in [1.807, 2.05) is 13.1 Å². The van der Waals surface area contributed by atoms with Crippen molar-refractivity contribution in [3.63, 3.8) is 0 Å². The Morgan fingerprint density at radius 2 is 1.93 bits per heavy atom. The Balaban J connectivity index is 2.20. The van der Waals surface area contributed by atoms with Gasteiger partial charge >= 0.3 is 0 Å². The Bertz CT molecular complexity index is 330. The van der Waals surface area contributed by atoms with Gasteiger partial charge in [-0.05, 0) is 37.5 Å². The molecule has 0 unspecified atom stereocenters. The topological polar surface area (TPSA) is 41.3 Å². The number of nitrogen functional groups attached to an aromatic ring is 1. The Morgan fingerprint density at radius 3 is 2.60 bits per heavy atom. The fourth-order valence-electron chi connectivity index (χ4n) is 2.11. The first-order valence-corrected chi connectivity index (χ1v) is 5.63. The highest BCUT2D eigenvalue weighted by Crippen LogP contribution is 2.27. The van der Waals surface area contributed by atoms with Crippen LogP contribution in [0.25, 0.3) is 0 Å². The zero-order chi connectivity index (χ0) is 10.7. The highest BCUT2D eigenvalue weighted by molar-refractivity contribution is 5.72. The molecule has 0 atom stereocenters. The molecule has 0 saturated carbocycles. The molecule has 1 aliphatic heterocycles. The molecule has 0 aromatic heterocycles. The molecular weight excluding hydrogens is 186 g/mol. The largest absolute Gasteiger partial charge is 0.397 e. The standard InChI is InChI=1S/C12H19N3/c1-14-12-9-10(5-6-11(12)13)15-7-3-2-4-8-15/h5-6,9,14H,2-4,7-8,13H2,1H3. The Labute approximate surface area is 91.3 Å². The second kappa shape index (κ2) is 4.43. The molecule has 82 valence electrons. The van der Waals surface area contributed by atoms with Crippen molar-refractivity contribution in [2.24, 2.45) is 0 Å². The molecule has 1 aromatic carbocycles. The van der Waals surface area contributed by atoms with Crippen LogP contribution in [0.5, 0.6) is 0 Å². The minimum absolute atomic E-state index is 0.818. The summed E-state index contributed by atoms with van der Waals surface area (Å²) in [6, 6.07) is 6.23. The molecule has 1 aliphatic rings. The van der Waals surface area contributed by atoms with Crippen molar-refractivity contribution in [1.82, 2.24) is 0 Å². The molecule has 2 rings (SSSR count). The van der Waals surface area contributed by atoms with Gasteiger partial charge in [-0.1, -0.05) is 0 Å². The lowest BCUT2D eigenvalue weighted by atomic mass is 10.1. The molecule has 0 bridgehead atoms. The van der Waals surface area contributed by atoms with Gasteiger partial charge in [-0.25, -0.2) is 0 Å². The van der Waals surface area contributed by atoms with Crippen LogP contribution in [0.2, 0.25) is 0 Å². The zero-order valence-corrected chi connectivity index (χ0v) is 9.29. The van der Waals surface area contributed by atoms with Gasteiger partial charge in [-0.15, -0.1) is 0 Å². The maximum atomic E-state index is 5.85. The van der Waals surface area contributed by atoms with E-state index in [0.29, 0.717) is 0 Å². The van der Waals surface area contributed by atoms with Crippen LogP contribution in [0.4, 0.5) is 17.1 Å². The summed E-state index contributed by atoms with van der Waals surface area (Å²) < 4.78 is 0. The van der Waals surface area contributed by atoms with E-state index in [4.69, 9.17) is 5.73 Å². The zero-order valence-electron chi connectivity index (χ0n) is 9.29. The molecule has 1 heterocycles. The Kier molecular flexibility index (Phi) is 2.99. The maximum absolute atomic E-state index is 5.85. The molecular formula is C12H19N3. The molecule has 0 amide bonds. The fraction of sp³-hybridized carbons (Fsp3) is 0.500. The third kappa shape index (κ3) is 2.17. The van der Waals surface area contributed by atoms with E-state index in [2.05, 4.69) is 22.3 Å². The van der Waals surface area contributed by atoms with E-state index < -0.39 is 0 Å². The second-order valence-electron chi connectivity index (χ2n) is 4.07. The van der Waals surface area contributed by atoms with Gasteiger partial charge in [0.15, 0.2) is 0 Å². The summed E-state index contributed by atoms with van der Waals surface area (Å²) in [7, 11) is 1.91. The van der Waals surface area contributed by atoms with Gasteiger partial charge in [-0.3, -0.25) is 0 Å². The summed E-state index contributed by atoms with van der Waals surface area (Å²) in [5.74, 6) is 0. The van der Waals surface area contributed by atoms with Crippen LogP contribution >= 0.6 is 0 Å². The summed E-state index contributed by atoms with van der Waals surface area (Å²) in [4.78, 5) is 2.43. The minimum atomic E-state index is 0.818. The highest BCUT2D eigenvalue weighted by Gasteiger charge is 2.11. The number of anilines is 3. The van der Waals surface area contributed by atoms with Crippen molar-refractivity contribution in [3.05, 3.63) is 18.2 Å². The lowest BCUT2D eigenvalue weighted by molar-refractivity contribution is 0.578. The van der Waals surface area contributed by atoms with Crippen molar-refractivity contribution in [3.8, 4) is 0 Å². The summed E-state index contributed by atoms with van der Waals surface area (Å²) >= 11 is 0. The SMILES string of the molecule is CNc1cc(N2CCCCC2)ccc1N. The molecule has 3 nitrogen and oxygen atoms in total. The van der Waals surface area contributed by atoms with E-state index >= 15 is 0 Å². The van der Waals surface area contributed by atoms with Crippen molar-refractivity contribution in [1.29, 1.82) is 0 Å². The van der Waals surface area contributed by atoms with Crippen molar-refractivity contribution in [2.45, 2.75) is 19.3 Å². The molecule has 1 aromatic rings. The average molecular weight is 205 g/mol. The summed E-state index contributed by atoms with van der Waals surface area (Å²) in [6.45, 7) is 2.35. The van der Waals surface area contributed by atoms with Gasteiger partial charge < -0.3 is 16.0 Å². The quantitative estimate of drug-likeness (QED) is 0.728. The molecule has 0 spiro atoms. The normalized spacial score (nSPS) is 16.5. The van der Waals surface area contributed by atoms with Crippen LogP contribution in [0.15, 0.2) is 18.2 Å². The number of piperidine rings is 1. The van der Waals surface area contributed by atoms with Gasteiger partial charge in [0.25, 0.3) is 0 Å². The van der Waals surface area contributed by atoms with Crippen LogP contribution in [-0.4, -0.2) is 20.1 Å². The monoisotopic (exact) mass is 205 g/mol. The van der Waals surface area contributed by atoms with E-state index in [1.165, 1.54) is 38.0 Å². The third-order valence-corrected chi connectivity index (χ3v) is 3.03. The molecule has 0 radical (unpaired) electrons. The van der Waals surface area contributed by atoms with Crippen molar-refractivity contribution >= 4 is 17.1 Å². The molecule has 15 heavy (non-hydrogen) atoms.